The molecule has 2 nitrogen and oxygen atoms in total. The summed E-state index contributed by atoms with van der Waals surface area (Å²) in [4.78, 5) is 0. The highest BCUT2D eigenvalue weighted by molar-refractivity contribution is 5.33. The second-order valence-electron chi connectivity index (χ2n) is 6.12. The molecule has 24 heavy (non-hydrogen) atoms. The van der Waals surface area contributed by atoms with E-state index in [9.17, 15) is 0 Å². The van der Waals surface area contributed by atoms with Gasteiger partial charge in [-0.15, -0.1) is 0 Å². The standard InChI is InChI=1S/C22H22O2/c23-15-21-9-5-19(6-10-21)13-17-1-2-18(4-3-17)14-20-7-11-22(16-24)12-8-20/h1-12,23-24H,13-16H2. The van der Waals surface area contributed by atoms with Crippen molar-refractivity contribution in [1.82, 2.24) is 0 Å². The van der Waals surface area contributed by atoms with Gasteiger partial charge in [-0.1, -0.05) is 72.8 Å². The highest BCUT2D eigenvalue weighted by Gasteiger charge is 2.00. The summed E-state index contributed by atoms with van der Waals surface area (Å²) in [6.07, 6.45) is 1.80. The number of hydrogen-bond donors (Lipinski definition) is 2. The average Bonchev–Trinajstić information content (AvgIpc) is 2.65. The molecule has 0 saturated carbocycles. The minimum Gasteiger partial charge on any atom is -0.392 e. The quantitative estimate of drug-likeness (QED) is 0.725. The zero-order chi connectivity index (χ0) is 16.8. The van der Waals surface area contributed by atoms with E-state index >= 15 is 0 Å². The van der Waals surface area contributed by atoms with Crippen molar-refractivity contribution in [1.29, 1.82) is 0 Å². The molecule has 2 heteroatoms. The fraction of sp³-hybridized carbons (Fsp3) is 0.182. The Balaban J connectivity index is 1.63. The van der Waals surface area contributed by atoms with Crippen molar-refractivity contribution in [2.45, 2.75) is 26.1 Å². The molecule has 0 fully saturated rings. The summed E-state index contributed by atoms with van der Waals surface area (Å²) in [6, 6.07) is 24.9. The minimum atomic E-state index is 0.0915. The van der Waals surface area contributed by atoms with Gasteiger partial charge in [-0.3, -0.25) is 0 Å². The van der Waals surface area contributed by atoms with Crippen LogP contribution in [0.25, 0.3) is 0 Å². The molecule has 0 atom stereocenters. The van der Waals surface area contributed by atoms with E-state index in [-0.39, 0.29) is 13.2 Å². The van der Waals surface area contributed by atoms with Gasteiger partial charge in [-0.05, 0) is 46.2 Å². The first-order valence-electron chi connectivity index (χ1n) is 8.22. The molecule has 0 bridgehead atoms. The van der Waals surface area contributed by atoms with Crippen molar-refractivity contribution in [3.8, 4) is 0 Å². The van der Waals surface area contributed by atoms with Crippen LogP contribution in [0.5, 0.6) is 0 Å². The lowest BCUT2D eigenvalue weighted by atomic mass is 9.99. The van der Waals surface area contributed by atoms with Gasteiger partial charge < -0.3 is 10.2 Å². The number of benzene rings is 3. The summed E-state index contributed by atoms with van der Waals surface area (Å²) in [6.45, 7) is 0.183. The lowest BCUT2D eigenvalue weighted by Crippen LogP contribution is -1.92. The van der Waals surface area contributed by atoms with E-state index in [1.807, 2.05) is 24.3 Å². The Bertz CT molecular complexity index is 688. The Morgan fingerprint density at radius 1 is 0.375 bits per heavy atom. The van der Waals surface area contributed by atoms with Crippen LogP contribution < -0.4 is 0 Å². The topological polar surface area (TPSA) is 40.5 Å². The van der Waals surface area contributed by atoms with Gasteiger partial charge in [-0.25, -0.2) is 0 Å². The molecule has 3 aromatic carbocycles. The fourth-order valence-corrected chi connectivity index (χ4v) is 2.77. The van der Waals surface area contributed by atoms with Gasteiger partial charge in [0, 0.05) is 0 Å². The first kappa shape index (κ1) is 16.4. The van der Waals surface area contributed by atoms with E-state index in [4.69, 9.17) is 10.2 Å². The Kier molecular flexibility index (Phi) is 5.42. The first-order valence-corrected chi connectivity index (χ1v) is 8.22. The molecular formula is C22H22O2. The summed E-state index contributed by atoms with van der Waals surface area (Å²) >= 11 is 0. The Labute approximate surface area is 143 Å². The van der Waals surface area contributed by atoms with E-state index < -0.39 is 0 Å². The predicted octanol–water partition coefficient (Wildman–Crippen LogP) is 3.85. The van der Waals surface area contributed by atoms with E-state index in [2.05, 4.69) is 48.5 Å². The fourth-order valence-electron chi connectivity index (χ4n) is 2.77. The zero-order valence-electron chi connectivity index (χ0n) is 13.7. The third-order valence-corrected chi connectivity index (χ3v) is 4.25. The molecule has 0 saturated heterocycles. The molecule has 3 aromatic rings. The minimum absolute atomic E-state index is 0.0915. The van der Waals surface area contributed by atoms with Gasteiger partial charge in [0.05, 0.1) is 13.2 Å². The van der Waals surface area contributed by atoms with Crippen LogP contribution in [0.15, 0.2) is 72.8 Å². The monoisotopic (exact) mass is 318 g/mol. The maximum absolute atomic E-state index is 9.09. The molecule has 2 N–H and O–H groups in total. The number of rotatable bonds is 6. The van der Waals surface area contributed by atoms with Gasteiger partial charge in [0.25, 0.3) is 0 Å². The molecule has 122 valence electrons. The molecule has 0 aliphatic heterocycles. The molecule has 0 spiro atoms. The van der Waals surface area contributed by atoms with E-state index in [1.165, 1.54) is 22.3 Å². The summed E-state index contributed by atoms with van der Waals surface area (Å²) in [5, 5.41) is 18.2. The first-order chi connectivity index (χ1) is 11.8. The summed E-state index contributed by atoms with van der Waals surface area (Å²) in [5.74, 6) is 0. The highest BCUT2D eigenvalue weighted by atomic mass is 16.3. The third-order valence-electron chi connectivity index (χ3n) is 4.25. The van der Waals surface area contributed by atoms with Crippen LogP contribution in [-0.2, 0) is 26.1 Å². The predicted molar refractivity (Wildman–Crippen MR) is 96.8 cm³/mol. The molecule has 0 aromatic heterocycles. The highest BCUT2D eigenvalue weighted by Crippen LogP contribution is 2.15. The van der Waals surface area contributed by atoms with Gasteiger partial charge >= 0.3 is 0 Å². The SMILES string of the molecule is OCc1ccc(Cc2ccc(Cc3ccc(CO)cc3)cc2)cc1. The zero-order valence-corrected chi connectivity index (χ0v) is 13.7. The number of hydrogen-bond acceptors (Lipinski definition) is 2. The van der Waals surface area contributed by atoms with Crippen molar-refractivity contribution in [3.63, 3.8) is 0 Å². The second kappa shape index (κ2) is 7.91. The average molecular weight is 318 g/mol. The maximum atomic E-state index is 9.09. The van der Waals surface area contributed by atoms with Crippen molar-refractivity contribution < 1.29 is 10.2 Å². The molecule has 0 unspecified atom stereocenters. The summed E-state index contributed by atoms with van der Waals surface area (Å²) in [5.41, 5.74) is 6.96. The molecule has 3 rings (SSSR count). The Morgan fingerprint density at radius 3 is 0.792 bits per heavy atom. The van der Waals surface area contributed by atoms with Crippen molar-refractivity contribution in [2.75, 3.05) is 0 Å². The van der Waals surface area contributed by atoms with Crippen molar-refractivity contribution >= 4 is 0 Å². The Hall–Kier alpha value is -2.42. The summed E-state index contributed by atoms with van der Waals surface area (Å²) in [7, 11) is 0. The molecule has 0 amide bonds. The smallest absolute Gasteiger partial charge is 0.0681 e. The van der Waals surface area contributed by atoms with Gasteiger partial charge in [0.2, 0.25) is 0 Å². The normalized spacial score (nSPS) is 10.8. The number of aliphatic hydroxyl groups excluding tert-OH is 2. The lowest BCUT2D eigenvalue weighted by Gasteiger charge is -2.06. The van der Waals surface area contributed by atoms with Crippen LogP contribution in [-0.4, -0.2) is 10.2 Å². The molecule has 0 radical (unpaired) electrons. The van der Waals surface area contributed by atoms with E-state index in [0.717, 1.165) is 24.0 Å². The van der Waals surface area contributed by atoms with Crippen LogP contribution in [0.3, 0.4) is 0 Å². The molecule has 0 heterocycles. The Morgan fingerprint density at radius 2 is 0.583 bits per heavy atom. The summed E-state index contributed by atoms with van der Waals surface area (Å²) < 4.78 is 0. The van der Waals surface area contributed by atoms with E-state index in [1.54, 1.807) is 0 Å². The van der Waals surface area contributed by atoms with Crippen LogP contribution >= 0.6 is 0 Å². The molecular weight excluding hydrogens is 296 g/mol. The molecule has 0 aliphatic carbocycles. The van der Waals surface area contributed by atoms with Crippen molar-refractivity contribution in [3.05, 3.63) is 106 Å². The van der Waals surface area contributed by atoms with Crippen LogP contribution in [0.4, 0.5) is 0 Å². The van der Waals surface area contributed by atoms with Gasteiger partial charge in [0.1, 0.15) is 0 Å². The van der Waals surface area contributed by atoms with Crippen LogP contribution in [0.1, 0.15) is 33.4 Å². The third kappa shape index (κ3) is 4.31. The second-order valence-corrected chi connectivity index (χ2v) is 6.12. The maximum Gasteiger partial charge on any atom is 0.0681 e. The van der Waals surface area contributed by atoms with Gasteiger partial charge in [-0.2, -0.15) is 0 Å². The number of aliphatic hydroxyl groups is 2. The van der Waals surface area contributed by atoms with Crippen LogP contribution in [0, 0.1) is 0 Å². The molecule has 0 aliphatic rings. The van der Waals surface area contributed by atoms with E-state index in [0.29, 0.717) is 0 Å². The van der Waals surface area contributed by atoms with Crippen molar-refractivity contribution in [2.24, 2.45) is 0 Å². The lowest BCUT2D eigenvalue weighted by molar-refractivity contribution is 0.281. The largest absolute Gasteiger partial charge is 0.392 e. The van der Waals surface area contributed by atoms with Crippen LogP contribution in [0.2, 0.25) is 0 Å². The van der Waals surface area contributed by atoms with Gasteiger partial charge in [0.15, 0.2) is 0 Å².